The molecule has 4 amide bonds. The van der Waals surface area contributed by atoms with E-state index in [1.807, 2.05) is 12.2 Å². The summed E-state index contributed by atoms with van der Waals surface area (Å²) in [5, 5.41) is 49.1. The van der Waals surface area contributed by atoms with Crippen molar-refractivity contribution in [3.63, 3.8) is 0 Å². The first kappa shape index (κ1) is 48.7. The zero-order chi connectivity index (χ0) is 39.9. The molecule has 0 saturated heterocycles. The molecule has 0 aliphatic heterocycles. The second kappa shape index (κ2) is 30.2. The third-order valence-electron chi connectivity index (χ3n) is 8.50. The minimum absolute atomic E-state index is 0.0452. The van der Waals surface area contributed by atoms with Crippen molar-refractivity contribution in [1.29, 1.82) is 0 Å². The molecule has 302 valence electrons. The summed E-state index contributed by atoms with van der Waals surface area (Å²) in [5.74, 6) is -7.52. The number of hydrogen-bond donors (Lipinski definition) is 8. The van der Waals surface area contributed by atoms with Gasteiger partial charge in [0, 0.05) is 13.1 Å². The van der Waals surface area contributed by atoms with Crippen LogP contribution in [0.2, 0.25) is 0 Å². The van der Waals surface area contributed by atoms with Gasteiger partial charge in [-0.1, -0.05) is 77.4 Å². The molecule has 15 heteroatoms. The number of carboxylic acids is 3. The number of aliphatic hydroxyl groups is 1. The number of carboxylic acid groups (broad SMARTS) is 3. The molecule has 0 aromatic rings. The number of carbonyl (C=O) groups excluding carboxylic acids is 4. The lowest BCUT2D eigenvalue weighted by Gasteiger charge is -2.24. The average molecular weight is 753 g/mol. The summed E-state index contributed by atoms with van der Waals surface area (Å²) in [7, 11) is 0. The zero-order valence-electron chi connectivity index (χ0n) is 31.7. The van der Waals surface area contributed by atoms with Crippen LogP contribution in [-0.4, -0.2) is 92.7 Å². The summed E-state index contributed by atoms with van der Waals surface area (Å²) >= 11 is 0. The summed E-state index contributed by atoms with van der Waals surface area (Å²) in [6.45, 7) is 4.84. The summed E-state index contributed by atoms with van der Waals surface area (Å²) < 4.78 is 0. The average Bonchev–Trinajstić information content (AvgIpc) is 3.09. The van der Waals surface area contributed by atoms with E-state index in [1.165, 1.54) is 37.8 Å². The van der Waals surface area contributed by atoms with Crippen LogP contribution in [-0.2, 0) is 33.6 Å². The number of amides is 4. The van der Waals surface area contributed by atoms with Crippen molar-refractivity contribution in [3.8, 4) is 0 Å². The van der Waals surface area contributed by atoms with Gasteiger partial charge in [0.25, 0.3) is 0 Å². The first-order valence-corrected chi connectivity index (χ1v) is 19.1. The van der Waals surface area contributed by atoms with Gasteiger partial charge in [0.15, 0.2) is 5.60 Å². The summed E-state index contributed by atoms with van der Waals surface area (Å²) in [6, 6.07) is -2.84. The van der Waals surface area contributed by atoms with Gasteiger partial charge in [-0.3, -0.25) is 19.2 Å². The fourth-order valence-electron chi connectivity index (χ4n) is 5.35. The van der Waals surface area contributed by atoms with Gasteiger partial charge in [0.2, 0.25) is 23.6 Å². The predicted octanol–water partition coefficient (Wildman–Crippen LogP) is 4.13. The van der Waals surface area contributed by atoms with E-state index in [4.69, 9.17) is 0 Å². The van der Waals surface area contributed by atoms with Crippen molar-refractivity contribution in [2.24, 2.45) is 0 Å². The Morgan fingerprint density at radius 3 is 1.26 bits per heavy atom. The largest absolute Gasteiger partial charge is 0.480 e. The smallest absolute Gasteiger partial charge is 0.336 e. The van der Waals surface area contributed by atoms with Gasteiger partial charge < -0.3 is 41.7 Å². The maximum Gasteiger partial charge on any atom is 0.336 e. The zero-order valence-corrected chi connectivity index (χ0v) is 31.7. The van der Waals surface area contributed by atoms with Gasteiger partial charge >= 0.3 is 17.9 Å². The molecular weight excluding hydrogens is 688 g/mol. The normalized spacial score (nSPS) is 13.6. The Balaban J connectivity index is 4.70. The lowest BCUT2D eigenvalue weighted by molar-refractivity contribution is -0.165. The molecule has 8 N–H and O–H groups in total. The SMILES string of the molecule is CCCCCCC/C=C/C(=O)NCCCCC(NC(=O)CC(O)(CC(=O)NC(CCCCNC(=O)/C=C/CCCCCCC)C(=O)O)C(=O)O)C(=O)O. The molecule has 0 fully saturated rings. The van der Waals surface area contributed by atoms with Crippen LogP contribution in [0, 0.1) is 0 Å². The van der Waals surface area contributed by atoms with Crippen LogP contribution < -0.4 is 21.3 Å². The third kappa shape index (κ3) is 26.2. The highest BCUT2D eigenvalue weighted by Crippen LogP contribution is 2.17. The van der Waals surface area contributed by atoms with Crippen LogP contribution in [0.1, 0.15) is 142 Å². The molecule has 0 heterocycles. The Hall–Kier alpha value is -4.27. The number of rotatable bonds is 33. The summed E-state index contributed by atoms with van der Waals surface area (Å²) in [6.07, 6.45) is 18.5. The lowest BCUT2D eigenvalue weighted by Crippen LogP contribution is -2.51. The Kier molecular flexibility index (Phi) is 27.8. The van der Waals surface area contributed by atoms with E-state index in [0.29, 0.717) is 25.7 Å². The molecule has 0 saturated carbocycles. The highest BCUT2D eigenvalue weighted by Gasteiger charge is 2.42. The Labute approximate surface area is 313 Å². The Morgan fingerprint density at radius 1 is 0.547 bits per heavy atom. The topological polar surface area (TPSA) is 249 Å². The lowest BCUT2D eigenvalue weighted by atomic mass is 9.94. The highest BCUT2D eigenvalue weighted by molar-refractivity contribution is 5.94. The van der Waals surface area contributed by atoms with Gasteiger partial charge in [-0.25, -0.2) is 14.4 Å². The van der Waals surface area contributed by atoms with Crippen LogP contribution in [0.4, 0.5) is 0 Å². The molecule has 15 nitrogen and oxygen atoms in total. The standard InChI is InChI=1S/C38H64N4O11/c1-3-5-7-9-11-13-15-23-31(43)39-25-19-17-21-29(35(47)48)41-33(45)27-38(53,37(51)52)28-34(46)42-30(36(49)50)22-18-20-26-40-32(44)24-16-14-12-10-8-6-4-2/h15-16,23-24,29-30,53H,3-14,17-22,25-28H2,1-2H3,(H,39,43)(H,40,44)(H,41,45)(H,42,46)(H,47,48)(H,49,50)(H,51,52)/b23-15+,24-16+. The van der Waals surface area contributed by atoms with Gasteiger partial charge in [-0.15, -0.1) is 0 Å². The third-order valence-corrected chi connectivity index (χ3v) is 8.50. The molecule has 0 bridgehead atoms. The van der Waals surface area contributed by atoms with Crippen LogP contribution in [0.25, 0.3) is 0 Å². The maximum atomic E-state index is 12.6. The van der Waals surface area contributed by atoms with Crippen molar-refractivity contribution in [2.75, 3.05) is 13.1 Å². The minimum Gasteiger partial charge on any atom is -0.480 e. The maximum absolute atomic E-state index is 12.6. The van der Waals surface area contributed by atoms with E-state index in [9.17, 15) is 54.0 Å². The molecule has 0 aromatic heterocycles. The molecule has 0 aliphatic carbocycles. The van der Waals surface area contributed by atoms with Gasteiger partial charge in [-0.2, -0.15) is 0 Å². The van der Waals surface area contributed by atoms with Crippen LogP contribution in [0.3, 0.4) is 0 Å². The second-order valence-electron chi connectivity index (χ2n) is 13.4. The van der Waals surface area contributed by atoms with E-state index in [2.05, 4.69) is 35.1 Å². The monoisotopic (exact) mass is 752 g/mol. The van der Waals surface area contributed by atoms with Gasteiger partial charge in [0.05, 0.1) is 12.8 Å². The second-order valence-corrected chi connectivity index (χ2v) is 13.4. The van der Waals surface area contributed by atoms with Crippen molar-refractivity contribution in [1.82, 2.24) is 21.3 Å². The van der Waals surface area contributed by atoms with E-state index < -0.39 is 60.2 Å². The summed E-state index contributed by atoms with van der Waals surface area (Å²) in [5.41, 5.74) is -2.94. The molecular formula is C38H64N4O11. The fraction of sp³-hybridized carbons (Fsp3) is 0.711. The van der Waals surface area contributed by atoms with Gasteiger partial charge in [0.1, 0.15) is 12.1 Å². The predicted molar refractivity (Wildman–Crippen MR) is 200 cm³/mol. The number of nitrogens with one attached hydrogen (secondary N) is 4. The number of allylic oxidation sites excluding steroid dienone is 2. The number of aliphatic carboxylic acids is 3. The molecule has 0 spiro atoms. The van der Waals surface area contributed by atoms with Crippen molar-refractivity contribution >= 4 is 41.5 Å². The van der Waals surface area contributed by atoms with Crippen molar-refractivity contribution in [2.45, 2.75) is 160 Å². The molecule has 0 radical (unpaired) electrons. The van der Waals surface area contributed by atoms with E-state index in [-0.39, 0.29) is 37.7 Å². The quantitative estimate of drug-likeness (QED) is 0.0350. The van der Waals surface area contributed by atoms with E-state index in [1.54, 1.807) is 0 Å². The Bertz CT molecular complexity index is 1110. The number of carbonyl (C=O) groups is 7. The van der Waals surface area contributed by atoms with Crippen LogP contribution in [0.5, 0.6) is 0 Å². The fourth-order valence-corrected chi connectivity index (χ4v) is 5.35. The highest BCUT2D eigenvalue weighted by atomic mass is 16.4. The molecule has 2 unspecified atom stereocenters. The molecule has 0 aromatic carbocycles. The molecule has 2 atom stereocenters. The van der Waals surface area contributed by atoms with Crippen molar-refractivity contribution in [3.05, 3.63) is 24.3 Å². The Morgan fingerprint density at radius 2 is 0.925 bits per heavy atom. The van der Waals surface area contributed by atoms with E-state index in [0.717, 1.165) is 51.4 Å². The molecule has 53 heavy (non-hydrogen) atoms. The van der Waals surface area contributed by atoms with Gasteiger partial charge in [-0.05, 0) is 76.4 Å². The van der Waals surface area contributed by atoms with E-state index >= 15 is 0 Å². The number of unbranched alkanes of at least 4 members (excludes halogenated alkanes) is 12. The number of hydrogen-bond acceptors (Lipinski definition) is 8. The first-order valence-electron chi connectivity index (χ1n) is 19.1. The minimum atomic E-state index is -2.94. The van der Waals surface area contributed by atoms with Crippen molar-refractivity contribution < 1.29 is 54.0 Å². The van der Waals surface area contributed by atoms with Crippen LogP contribution in [0.15, 0.2) is 24.3 Å². The first-order chi connectivity index (χ1) is 25.2. The molecule has 0 aliphatic rings. The summed E-state index contributed by atoms with van der Waals surface area (Å²) in [4.78, 5) is 84.5. The van der Waals surface area contributed by atoms with Crippen LogP contribution >= 0.6 is 0 Å². The molecule has 0 rings (SSSR count).